The lowest BCUT2D eigenvalue weighted by Crippen LogP contribution is -2.38. The summed E-state index contributed by atoms with van der Waals surface area (Å²) in [4.78, 5) is 14.2. The number of carbonyl (C=O) groups is 1. The highest BCUT2D eigenvalue weighted by molar-refractivity contribution is 7.07. The fourth-order valence-corrected chi connectivity index (χ4v) is 3.65. The molecule has 1 aliphatic heterocycles. The zero-order valence-electron chi connectivity index (χ0n) is 13.8. The number of rotatable bonds is 6. The van der Waals surface area contributed by atoms with Crippen LogP contribution in [0.4, 0.5) is 10.5 Å². The monoisotopic (exact) mass is 345 g/mol. The molecule has 3 rings (SSSR count). The molecule has 0 spiro atoms. The average molecular weight is 345 g/mol. The van der Waals surface area contributed by atoms with Crippen LogP contribution in [0.1, 0.15) is 12.0 Å². The van der Waals surface area contributed by atoms with Gasteiger partial charge in [0.15, 0.2) is 0 Å². The molecule has 1 saturated heterocycles. The summed E-state index contributed by atoms with van der Waals surface area (Å²) in [6.07, 6.45) is 1.07. The molecule has 128 valence electrons. The molecule has 2 aromatic rings. The van der Waals surface area contributed by atoms with Crippen LogP contribution in [0, 0.1) is 5.92 Å². The number of nitrogens with one attached hydrogen (secondary N) is 2. The lowest BCUT2D eigenvalue weighted by atomic mass is 10.1. The minimum atomic E-state index is -0.100. The first kappa shape index (κ1) is 16.6. The maximum Gasteiger partial charge on any atom is 0.315 e. The zero-order valence-corrected chi connectivity index (χ0v) is 14.6. The first-order chi connectivity index (χ1) is 11.8. The number of benzene rings is 1. The molecule has 0 saturated carbocycles. The fourth-order valence-electron chi connectivity index (χ4n) is 2.98. The number of hydrogen-bond acceptors (Lipinski definition) is 4. The summed E-state index contributed by atoms with van der Waals surface area (Å²) < 4.78 is 5.44. The minimum Gasteiger partial charge on any atom is -0.495 e. The van der Waals surface area contributed by atoms with Crippen molar-refractivity contribution in [3.63, 3.8) is 0 Å². The molecule has 1 aromatic carbocycles. The largest absolute Gasteiger partial charge is 0.495 e. The van der Waals surface area contributed by atoms with E-state index in [2.05, 4.69) is 21.6 Å². The Morgan fingerprint density at radius 3 is 3.00 bits per heavy atom. The summed E-state index contributed by atoms with van der Waals surface area (Å²) in [5.74, 6) is 1.36. The second kappa shape index (κ2) is 8.06. The van der Waals surface area contributed by atoms with Crippen molar-refractivity contribution in [2.24, 2.45) is 5.92 Å². The van der Waals surface area contributed by atoms with Crippen molar-refractivity contribution in [2.75, 3.05) is 31.6 Å². The number of nitrogens with zero attached hydrogens (tertiary/aromatic N) is 1. The molecule has 1 aromatic heterocycles. The third-order valence-corrected chi connectivity index (χ3v) is 5.03. The van der Waals surface area contributed by atoms with E-state index in [0.29, 0.717) is 19.0 Å². The van der Waals surface area contributed by atoms with Gasteiger partial charge in [-0.05, 0) is 46.9 Å². The molecule has 2 N–H and O–H groups in total. The maximum absolute atomic E-state index is 11.9. The van der Waals surface area contributed by atoms with Gasteiger partial charge in [0, 0.05) is 26.2 Å². The van der Waals surface area contributed by atoms with Crippen LogP contribution in [0.2, 0.25) is 0 Å². The molecular weight excluding hydrogens is 322 g/mol. The number of amides is 2. The van der Waals surface area contributed by atoms with Gasteiger partial charge in [0.1, 0.15) is 5.75 Å². The van der Waals surface area contributed by atoms with E-state index >= 15 is 0 Å². The van der Waals surface area contributed by atoms with Gasteiger partial charge < -0.3 is 20.3 Å². The van der Waals surface area contributed by atoms with Crippen LogP contribution < -0.4 is 20.3 Å². The van der Waals surface area contributed by atoms with Crippen LogP contribution in [0.3, 0.4) is 0 Å². The zero-order chi connectivity index (χ0) is 16.8. The second-order valence-corrected chi connectivity index (χ2v) is 6.75. The van der Waals surface area contributed by atoms with Crippen molar-refractivity contribution in [1.82, 2.24) is 10.6 Å². The minimum absolute atomic E-state index is 0.100. The summed E-state index contributed by atoms with van der Waals surface area (Å²) in [5.41, 5.74) is 2.27. The number of methoxy groups -OCH3 is 1. The van der Waals surface area contributed by atoms with Crippen LogP contribution >= 0.6 is 11.3 Å². The van der Waals surface area contributed by atoms with E-state index in [4.69, 9.17) is 4.74 Å². The van der Waals surface area contributed by atoms with Crippen LogP contribution in [0.5, 0.6) is 5.75 Å². The lowest BCUT2D eigenvalue weighted by Gasteiger charge is -2.21. The molecule has 0 aliphatic carbocycles. The highest BCUT2D eigenvalue weighted by atomic mass is 32.1. The topological polar surface area (TPSA) is 53.6 Å². The Hall–Kier alpha value is -2.21. The number of ether oxygens (including phenoxy) is 1. The molecule has 0 unspecified atom stereocenters. The van der Waals surface area contributed by atoms with E-state index in [1.165, 1.54) is 0 Å². The first-order valence-electron chi connectivity index (χ1n) is 8.17. The van der Waals surface area contributed by atoms with Gasteiger partial charge in [0.25, 0.3) is 0 Å². The Balaban J connectivity index is 1.43. The lowest BCUT2D eigenvalue weighted by molar-refractivity contribution is 0.239. The van der Waals surface area contributed by atoms with E-state index in [1.54, 1.807) is 18.4 Å². The van der Waals surface area contributed by atoms with Crippen LogP contribution in [0.15, 0.2) is 41.1 Å². The molecule has 2 heterocycles. The van der Waals surface area contributed by atoms with Gasteiger partial charge in [-0.2, -0.15) is 11.3 Å². The summed E-state index contributed by atoms with van der Waals surface area (Å²) in [7, 11) is 1.70. The smallest absolute Gasteiger partial charge is 0.315 e. The number of carbonyl (C=O) groups excluding carboxylic acids is 1. The van der Waals surface area contributed by atoms with Crippen molar-refractivity contribution >= 4 is 23.1 Å². The summed E-state index contributed by atoms with van der Waals surface area (Å²) in [6, 6.07) is 10.0. The van der Waals surface area contributed by atoms with E-state index in [0.717, 1.165) is 36.5 Å². The summed E-state index contributed by atoms with van der Waals surface area (Å²) in [5, 5.41) is 9.93. The predicted molar refractivity (Wildman–Crippen MR) is 97.9 cm³/mol. The number of urea groups is 1. The molecule has 5 nitrogen and oxygen atoms in total. The van der Waals surface area contributed by atoms with Gasteiger partial charge >= 0.3 is 6.03 Å². The van der Waals surface area contributed by atoms with Crippen molar-refractivity contribution in [3.05, 3.63) is 46.7 Å². The molecule has 24 heavy (non-hydrogen) atoms. The van der Waals surface area contributed by atoms with E-state index < -0.39 is 0 Å². The van der Waals surface area contributed by atoms with Gasteiger partial charge in [-0.15, -0.1) is 0 Å². The predicted octanol–water partition coefficient (Wildman–Crippen LogP) is 3.08. The van der Waals surface area contributed by atoms with Gasteiger partial charge in [0.2, 0.25) is 0 Å². The molecule has 0 bridgehead atoms. The highest BCUT2D eigenvalue weighted by Gasteiger charge is 2.24. The summed E-state index contributed by atoms with van der Waals surface area (Å²) >= 11 is 1.64. The first-order valence-corrected chi connectivity index (χ1v) is 9.11. The Morgan fingerprint density at radius 2 is 2.21 bits per heavy atom. The van der Waals surface area contributed by atoms with Crippen molar-refractivity contribution in [2.45, 2.75) is 13.0 Å². The summed E-state index contributed by atoms with van der Waals surface area (Å²) in [6.45, 7) is 3.20. The fraction of sp³-hybridized carbons (Fsp3) is 0.389. The molecule has 1 fully saturated rings. The SMILES string of the molecule is COc1ccccc1N1CC[C@H](CNC(=O)NCc2ccsc2)C1. The Morgan fingerprint density at radius 1 is 1.33 bits per heavy atom. The average Bonchev–Trinajstić information content (AvgIpc) is 3.29. The Bertz CT molecular complexity index is 660. The number of para-hydroxylation sites is 2. The van der Waals surface area contributed by atoms with Crippen LogP contribution in [0.25, 0.3) is 0 Å². The molecular formula is C18H23N3O2S. The Kier molecular flexibility index (Phi) is 5.59. The van der Waals surface area contributed by atoms with Crippen LogP contribution in [-0.2, 0) is 6.54 Å². The van der Waals surface area contributed by atoms with E-state index in [1.807, 2.05) is 35.0 Å². The number of anilines is 1. The third kappa shape index (κ3) is 4.20. The van der Waals surface area contributed by atoms with Gasteiger partial charge in [-0.3, -0.25) is 0 Å². The van der Waals surface area contributed by atoms with Crippen molar-refractivity contribution in [1.29, 1.82) is 0 Å². The number of hydrogen-bond donors (Lipinski definition) is 2. The van der Waals surface area contributed by atoms with Gasteiger partial charge in [-0.1, -0.05) is 12.1 Å². The third-order valence-electron chi connectivity index (χ3n) is 4.30. The molecule has 0 radical (unpaired) electrons. The molecule has 2 amide bonds. The molecule has 6 heteroatoms. The molecule has 1 atom stereocenters. The quantitative estimate of drug-likeness (QED) is 0.846. The normalized spacial score (nSPS) is 16.9. The highest BCUT2D eigenvalue weighted by Crippen LogP contribution is 2.31. The van der Waals surface area contributed by atoms with Gasteiger partial charge in [-0.25, -0.2) is 4.79 Å². The van der Waals surface area contributed by atoms with Crippen molar-refractivity contribution in [3.8, 4) is 5.75 Å². The standard InChI is InChI=1S/C18H23N3O2S/c1-23-17-5-3-2-4-16(17)21-8-6-14(12-21)10-19-18(22)20-11-15-7-9-24-13-15/h2-5,7,9,13-14H,6,8,10-12H2,1H3,(H2,19,20,22)/t14-/m1/s1. The molecule has 1 aliphatic rings. The Labute approximate surface area is 146 Å². The van der Waals surface area contributed by atoms with Crippen molar-refractivity contribution < 1.29 is 9.53 Å². The van der Waals surface area contributed by atoms with Crippen LogP contribution in [-0.4, -0.2) is 32.8 Å². The number of thiophene rings is 1. The van der Waals surface area contributed by atoms with E-state index in [9.17, 15) is 4.79 Å². The van der Waals surface area contributed by atoms with E-state index in [-0.39, 0.29) is 6.03 Å². The van der Waals surface area contributed by atoms with Gasteiger partial charge in [0.05, 0.1) is 12.8 Å². The second-order valence-electron chi connectivity index (χ2n) is 5.97. The maximum atomic E-state index is 11.9.